The van der Waals surface area contributed by atoms with Crippen molar-refractivity contribution in [2.45, 2.75) is 32.6 Å². The van der Waals surface area contributed by atoms with Gasteiger partial charge in [-0.15, -0.1) is 0 Å². The van der Waals surface area contributed by atoms with E-state index in [4.69, 9.17) is 5.73 Å². The van der Waals surface area contributed by atoms with Crippen LogP contribution < -0.4 is 11.1 Å². The van der Waals surface area contributed by atoms with Crippen molar-refractivity contribution in [2.75, 3.05) is 18.4 Å². The maximum absolute atomic E-state index is 5.70. The van der Waals surface area contributed by atoms with Gasteiger partial charge in [0.15, 0.2) is 0 Å². The Balaban J connectivity index is 1.95. The Kier molecular flexibility index (Phi) is 3.83. The van der Waals surface area contributed by atoms with Crippen molar-refractivity contribution >= 4 is 5.69 Å². The second-order valence-corrected chi connectivity index (χ2v) is 4.73. The van der Waals surface area contributed by atoms with E-state index in [2.05, 4.69) is 30.4 Å². The minimum atomic E-state index is 0.591. The molecule has 16 heavy (non-hydrogen) atoms. The fourth-order valence-corrected chi connectivity index (χ4v) is 2.34. The number of nitrogens with two attached hydrogens (primary N) is 1. The van der Waals surface area contributed by atoms with Crippen LogP contribution in [-0.2, 0) is 12.8 Å². The van der Waals surface area contributed by atoms with Crippen LogP contribution in [0.25, 0.3) is 0 Å². The molecule has 0 aliphatic heterocycles. The summed E-state index contributed by atoms with van der Waals surface area (Å²) in [6.07, 6.45) is 4.97. The van der Waals surface area contributed by atoms with Gasteiger partial charge in [-0.3, -0.25) is 0 Å². The van der Waals surface area contributed by atoms with E-state index in [1.54, 1.807) is 0 Å². The molecular formula is C14H22N2. The van der Waals surface area contributed by atoms with E-state index in [1.807, 2.05) is 0 Å². The van der Waals surface area contributed by atoms with E-state index in [1.165, 1.54) is 36.1 Å². The van der Waals surface area contributed by atoms with Gasteiger partial charge in [0.2, 0.25) is 0 Å². The summed E-state index contributed by atoms with van der Waals surface area (Å²) in [5.41, 5.74) is 10.0. The van der Waals surface area contributed by atoms with Crippen LogP contribution in [0.4, 0.5) is 5.69 Å². The van der Waals surface area contributed by atoms with E-state index in [-0.39, 0.29) is 0 Å². The van der Waals surface area contributed by atoms with Crippen LogP contribution in [0.5, 0.6) is 0 Å². The number of fused-ring (bicyclic) bond motifs is 1. The average Bonchev–Trinajstić information content (AvgIpc) is 2.77. The van der Waals surface area contributed by atoms with Crippen molar-refractivity contribution in [1.29, 1.82) is 0 Å². The van der Waals surface area contributed by atoms with Gasteiger partial charge in [-0.2, -0.15) is 0 Å². The number of rotatable bonds is 5. The maximum atomic E-state index is 5.70. The number of hydrogen-bond donors (Lipinski definition) is 2. The largest absolute Gasteiger partial charge is 0.385 e. The molecule has 0 aromatic heterocycles. The van der Waals surface area contributed by atoms with Gasteiger partial charge >= 0.3 is 0 Å². The van der Waals surface area contributed by atoms with E-state index in [0.717, 1.165) is 19.5 Å². The highest BCUT2D eigenvalue weighted by molar-refractivity contribution is 5.50. The number of anilines is 1. The molecule has 1 unspecified atom stereocenters. The Morgan fingerprint density at radius 2 is 2.12 bits per heavy atom. The third-order valence-electron chi connectivity index (χ3n) is 3.60. The van der Waals surface area contributed by atoms with E-state index >= 15 is 0 Å². The van der Waals surface area contributed by atoms with Crippen LogP contribution in [0.2, 0.25) is 0 Å². The predicted molar refractivity (Wildman–Crippen MR) is 69.8 cm³/mol. The minimum absolute atomic E-state index is 0.591. The summed E-state index contributed by atoms with van der Waals surface area (Å²) in [4.78, 5) is 0. The van der Waals surface area contributed by atoms with Crippen LogP contribution in [0.1, 0.15) is 30.9 Å². The molecule has 1 aliphatic rings. The molecule has 0 fully saturated rings. The Bertz CT molecular complexity index is 343. The van der Waals surface area contributed by atoms with Gasteiger partial charge in [0.25, 0.3) is 0 Å². The van der Waals surface area contributed by atoms with E-state index in [0.29, 0.717) is 5.92 Å². The Labute approximate surface area is 98.2 Å². The van der Waals surface area contributed by atoms with Gasteiger partial charge in [-0.25, -0.2) is 0 Å². The molecule has 3 N–H and O–H groups in total. The van der Waals surface area contributed by atoms with Crippen molar-refractivity contribution in [3.05, 3.63) is 29.3 Å². The summed E-state index contributed by atoms with van der Waals surface area (Å²) in [6.45, 7) is 3.96. The standard InChI is InChI=1S/C14H22N2/c1-2-11(9-15)10-16-14-7-6-12-4-3-5-13(12)8-14/h6-8,11,16H,2-5,9-10,15H2,1H3. The van der Waals surface area contributed by atoms with Crippen LogP contribution in [-0.4, -0.2) is 13.1 Å². The molecule has 1 aliphatic carbocycles. The molecular weight excluding hydrogens is 196 g/mol. The summed E-state index contributed by atoms with van der Waals surface area (Å²) < 4.78 is 0. The average molecular weight is 218 g/mol. The molecule has 2 rings (SSSR count). The summed E-state index contributed by atoms with van der Waals surface area (Å²) >= 11 is 0. The molecule has 0 amide bonds. The summed E-state index contributed by atoms with van der Waals surface area (Å²) in [6, 6.07) is 6.78. The molecule has 2 heteroatoms. The first kappa shape index (κ1) is 11.5. The lowest BCUT2D eigenvalue weighted by molar-refractivity contribution is 0.548. The fourth-order valence-electron chi connectivity index (χ4n) is 2.34. The quantitative estimate of drug-likeness (QED) is 0.797. The van der Waals surface area contributed by atoms with E-state index < -0.39 is 0 Å². The second kappa shape index (κ2) is 5.35. The first-order chi connectivity index (χ1) is 7.83. The van der Waals surface area contributed by atoms with Crippen molar-refractivity contribution in [3.8, 4) is 0 Å². The molecule has 0 saturated carbocycles. The lowest BCUT2D eigenvalue weighted by Crippen LogP contribution is -2.22. The molecule has 0 heterocycles. The Morgan fingerprint density at radius 3 is 2.88 bits per heavy atom. The molecule has 0 saturated heterocycles. The molecule has 1 aromatic carbocycles. The highest BCUT2D eigenvalue weighted by Gasteiger charge is 2.11. The Hall–Kier alpha value is -1.02. The van der Waals surface area contributed by atoms with Gasteiger partial charge in [0.05, 0.1) is 0 Å². The summed E-state index contributed by atoms with van der Waals surface area (Å²) in [5.74, 6) is 0.591. The van der Waals surface area contributed by atoms with Crippen LogP contribution in [0, 0.1) is 5.92 Å². The Morgan fingerprint density at radius 1 is 1.31 bits per heavy atom. The smallest absolute Gasteiger partial charge is 0.0343 e. The number of aryl methyl sites for hydroxylation is 2. The zero-order chi connectivity index (χ0) is 11.4. The van der Waals surface area contributed by atoms with Gasteiger partial charge in [0.1, 0.15) is 0 Å². The lowest BCUT2D eigenvalue weighted by Gasteiger charge is -2.14. The number of nitrogens with one attached hydrogen (secondary N) is 1. The summed E-state index contributed by atoms with van der Waals surface area (Å²) in [7, 11) is 0. The van der Waals surface area contributed by atoms with E-state index in [9.17, 15) is 0 Å². The van der Waals surface area contributed by atoms with Gasteiger partial charge in [-0.05, 0) is 55.0 Å². The highest BCUT2D eigenvalue weighted by atomic mass is 14.9. The second-order valence-electron chi connectivity index (χ2n) is 4.73. The van der Waals surface area contributed by atoms with Crippen molar-refractivity contribution in [3.63, 3.8) is 0 Å². The lowest BCUT2D eigenvalue weighted by atomic mass is 10.1. The molecule has 1 atom stereocenters. The third kappa shape index (κ3) is 2.56. The topological polar surface area (TPSA) is 38.0 Å². The van der Waals surface area contributed by atoms with Gasteiger partial charge in [-0.1, -0.05) is 19.4 Å². The first-order valence-corrected chi connectivity index (χ1v) is 6.39. The SMILES string of the molecule is CCC(CN)CNc1ccc2c(c1)CCC2. The molecule has 2 nitrogen and oxygen atoms in total. The summed E-state index contributed by atoms with van der Waals surface area (Å²) in [5, 5.41) is 3.50. The van der Waals surface area contributed by atoms with Crippen LogP contribution >= 0.6 is 0 Å². The number of hydrogen-bond acceptors (Lipinski definition) is 2. The van der Waals surface area contributed by atoms with Crippen LogP contribution in [0.15, 0.2) is 18.2 Å². The first-order valence-electron chi connectivity index (χ1n) is 6.39. The molecule has 0 radical (unpaired) electrons. The van der Waals surface area contributed by atoms with Crippen molar-refractivity contribution in [2.24, 2.45) is 11.7 Å². The molecule has 0 spiro atoms. The molecule has 0 bridgehead atoms. The van der Waals surface area contributed by atoms with Gasteiger partial charge in [0, 0.05) is 12.2 Å². The van der Waals surface area contributed by atoms with Crippen LogP contribution in [0.3, 0.4) is 0 Å². The molecule has 1 aromatic rings. The number of benzene rings is 1. The van der Waals surface area contributed by atoms with Crippen molar-refractivity contribution < 1.29 is 0 Å². The highest BCUT2D eigenvalue weighted by Crippen LogP contribution is 2.24. The zero-order valence-corrected chi connectivity index (χ0v) is 10.1. The van der Waals surface area contributed by atoms with Crippen molar-refractivity contribution in [1.82, 2.24) is 0 Å². The zero-order valence-electron chi connectivity index (χ0n) is 10.1. The third-order valence-corrected chi connectivity index (χ3v) is 3.60. The minimum Gasteiger partial charge on any atom is -0.385 e. The maximum Gasteiger partial charge on any atom is 0.0343 e. The van der Waals surface area contributed by atoms with Gasteiger partial charge < -0.3 is 11.1 Å². The normalized spacial score (nSPS) is 15.9. The molecule has 88 valence electrons. The monoisotopic (exact) mass is 218 g/mol. The predicted octanol–water partition coefficient (Wildman–Crippen LogP) is 2.57. The fraction of sp³-hybridized carbons (Fsp3) is 0.571.